The van der Waals surface area contributed by atoms with Gasteiger partial charge in [0.15, 0.2) is 12.2 Å². The van der Waals surface area contributed by atoms with E-state index < -0.39 is 97.5 Å². The molecule has 19 heteroatoms. The molecule has 600 valence electrons. The third-order valence-corrected chi connectivity index (χ3v) is 21.3. The van der Waals surface area contributed by atoms with Crippen molar-refractivity contribution in [1.82, 2.24) is 0 Å². The maximum absolute atomic E-state index is 13.1. The van der Waals surface area contributed by atoms with Gasteiger partial charge in [-0.3, -0.25) is 37.3 Å². The molecule has 0 aromatic carbocycles. The number of unbranched alkanes of at least 4 members (excludes halogenated alkanes) is 44. The van der Waals surface area contributed by atoms with E-state index in [0.717, 1.165) is 114 Å². The maximum atomic E-state index is 13.1. The van der Waals surface area contributed by atoms with Crippen LogP contribution in [0.3, 0.4) is 0 Å². The SMILES string of the molecule is CCC(C)CCCCCCCCCCCCCCCCC(=O)OC[C@H](COP(=O)(O)OC[C@@H](O)COP(=O)(O)OC[C@@H](COC(=O)CCCCCCCCCCCC(C)C)OC(=O)CCCCCCCCCCCCC(C)C)OC(=O)CCCCCCCCCCCCCCCCCC(C)C. The van der Waals surface area contributed by atoms with Gasteiger partial charge in [-0.15, -0.1) is 0 Å². The molecular formula is C82H160O17P2. The monoisotopic (exact) mass is 1480 g/mol. The maximum Gasteiger partial charge on any atom is 0.472 e. The summed E-state index contributed by atoms with van der Waals surface area (Å²) >= 11 is 0. The van der Waals surface area contributed by atoms with Gasteiger partial charge in [0, 0.05) is 25.7 Å². The van der Waals surface area contributed by atoms with Gasteiger partial charge in [-0.25, -0.2) is 9.13 Å². The van der Waals surface area contributed by atoms with Crippen molar-refractivity contribution in [3.8, 4) is 0 Å². The Balaban J connectivity index is 5.26. The molecule has 3 unspecified atom stereocenters. The van der Waals surface area contributed by atoms with Crippen molar-refractivity contribution in [3.05, 3.63) is 0 Å². The zero-order valence-corrected chi connectivity index (χ0v) is 68.3. The molecule has 3 N–H and O–H groups in total. The van der Waals surface area contributed by atoms with Crippen molar-refractivity contribution in [2.24, 2.45) is 23.7 Å². The van der Waals surface area contributed by atoms with Crippen LogP contribution in [0.1, 0.15) is 421 Å². The number of hydrogen-bond donors (Lipinski definition) is 3. The molecule has 0 saturated heterocycles. The number of aliphatic hydroxyl groups is 1. The Morgan fingerprint density at radius 3 is 0.703 bits per heavy atom. The van der Waals surface area contributed by atoms with Crippen LogP contribution in [-0.4, -0.2) is 96.7 Å². The third-order valence-electron chi connectivity index (χ3n) is 19.4. The lowest BCUT2D eigenvalue weighted by molar-refractivity contribution is -0.161. The van der Waals surface area contributed by atoms with E-state index in [9.17, 15) is 43.2 Å². The Labute approximate surface area is 619 Å². The summed E-state index contributed by atoms with van der Waals surface area (Å²) in [5.41, 5.74) is 0. The first-order valence-corrected chi connectivity index (χ1v) is 45.2. The fourth-order valence-electron chi connectivity index (χ4n) is 12.6. The van der Waals surface area contributed by atoms with Crippen LogP contribution in [0.4, 0.5) is 0 Å². The van der Waals surface area contributed by atoms with Crippen LogP contribution in [-0.2, 0) is 65.4 Å². The standard InChI is InChI=1S/C82H160O17P2/c1-9-75(8)61-53-45-37-29-20-16-13-14-17-21-30-38-46-54-62-79(84)92-68-77(98-81(86)64-56-48-40-31-22-18-12-10-11-15-19-26-34-42-50-58-72(2)3)70-96-100(88,89)94-66-76(83)67-95-101(90,91)97-71-78(69-93-80(85)63-55-47-39-33-25-28-36-44-52-60-74(6)7)99-82(87)65-57-49-41-32-24-23-27-35-43-51-59-73(4)5/h72-78,83H,9-71H2,1-8H3,(H,88,89)(H,90,91)/t75?,76-,77-,78-/m1/s1. The molecule has 0 radical (unpaired) electrons. The van der Waals surface area contributed by atoms with Gasteiger partial charge in [-0.2, -0.15) is 0 Å². The van der Waals surface area contributed by atoms with E-state index in [-0.39, 0.29) is 25.7 Å². The Morgan fingerprint density at radius 1 is 0.277 bits per heavy atom. The average molecular weight is 1480 g/mol. The molecule has 0 aliphatic carbocycles. The fourth-order valence-corrected chi connectivity index (χ4v) is 14.2. The van der Waals surface area contributed by atoms with E-state index in [0.29, 0.717) is 25.7 Å². The van der Waals surface area contributed by atoms with Gasteiger partial charge < -0.3 is 33.8 Å². The molecule has 0 heterocycles. The normalized spacial score (nSPS) is 14.3. The summed E-state index contributed by atoms with van der Waals surface area (Å²) in [6.45, 7) is 14.3. The van der Waals surface area contributed by atoms with E-state index in [1.807, 2.05) is 0 Å². The summed E-state index contributed by atoms with van der Waals surface area (Å²) in [5, 5.41) is 10.7. The van der Waals surface area contributed by atoms with Crippen molar-refractivity contribution in [2.45, 2.75) is 440 Å². The largest absolute Gasteiger partial charge is 0.472 e. The minimum absolute atomic E-state index is 0.105. The van der Waals surface area contributed by atoms with E-state index in [1.54, 1.807) is 0 Å². The van der Waals surface area contributed by atoms with E-state index in [1.165, 1.54) is 225 Å². The highest BCUT2D eigenvalue weighted by atomic mass is 31.2. The van der Waals surface area contributed by atoms with E-state index in [2.05, 4.69) is 55.4 Å². The minimum atomic E-state index is -4.96. The molecule has 0 amide bonds. The summed E-state index contributed by atoms with van der Waals surface area (Å²) in [6.07, 6.45) is 58.2. The highest BCUT2D eigenvalue weighted by Crippen LogP contribution is 2.45. The number of esters is 4. The number of hydrogen-bond acceptors (Lipinski definition) is 15. The lowest BCUT2D eigenvalue weighted by atomic mass is 9.99. The second-order valence-electron chi connectivity index (χ2n) is 31.2. The predicted molar refractivity (Wildman–Crippen MR) is 414 cm³/mol. The molecule has 0 aliphatic rings. The summed E-state index contributed by atoms with van der Waals surface area (Å²) < 4.78 is 68.8. The fraction of sp³-hybridized carbons (Fsp3) is 0.951. The van der Waals surface area contributed by atoms with E-state index >= 15 is 0 Å². The van der Waals surface area contributed by atoms with Gasteiger partial charge in [0.1, 0.15) is 19.3 Å². The van der Waals surface area contributed by atoms with Crippen LogP contribution in [0.2, 0.25) is 0 Å². The molecule has 0 aromatic heterocycles. The van der Waals surface area contributed by atoms with Gasteiger partial charge in [-0.05, 0) is 49.4 Å². The third kappa shape index (κ3) is 74.7. The van der Waals surface area contributed by atoms with Crippen LogP contribution < -0.4 is 0 Å². The molecule has 0 spiro atoms. The van der Waals surface area contributed by atoms with Crippen molar-refractivity contribution < 1.29 is 80.2 Å². The van der Waals surface area contributed by atoms with Crippen molar-refractivity contribution in [3.63, 3.8) is 0 Å². The van der Waals surface area contributed by atoms with Gasteiger partial charge in [0.05, 0.1) is 26.4 Å². The molecule has 0 rings (SSSR count). The molecule has 0 saturated carbocycles. The summed E-state index contributed by atoms with van der Waals surface area (Å²) in [7, 11) is -9.92. The zero-order chi connectivity index (χ0) is 74.6. The summed E-state index contributed by atoms with van der Waals surface area (Å²) in [5.74, 6) is 1.04. The van der Waals surface area contributed by atoms with Crippen molar-refractivity contribution in [1.29, 1.82) is 0 Å². The first-order valence-electron chi connectivity index (χ1n) is 42.2. The first-order chi connectivity index (χ1) is 48.6. The lowest BCUT2D eigenvalue weighted by Gasteiger charge is -2.21. The molecule has 17 nitrogen and oxygen atoms in total. The van der Waals surface area contributed by atoms with Gasteiger partial charge in [-0.1, -0.05) is 370 Å². The van der Waals surface area contributed by atoms with Crippen LogP contribution in [0.5, 0.6) is 0 Å². The molecule has 0 bridgehead atoms. The summed E-state index contributed by atoms with van der Waals surface area (Å²) in [6, 6.07) is 0. The number of carbonyl (C=O) groups is 4. The number of phosphoric acid groups is 2. The summed E-state index contributed by atoms with van der Waals surface area (Å²) in [4.78, 5) is 73.1. The highest BCUT2D eigenvalue weighted by molar-refractivity contribution is 7.47. The number of ether oxygens (including phenoxy) is 4. The lowest BCUT2D eigenvalue weighted by Crippen LogP contribution is -2.30. The van der Waals surface area contributed by atoms with Crippen molar-refractivity contribution >= 4 is 39.5 Å². The number of aliphatic hydroxyl groups excluding tert-OH is 1. The van der Waals surface area contributed by atoms with Gasteiger partial charge in [0.2, 0.25) is 0 Å². The Bertz CT molecular complexity index is 1970. The highest BCUT2D eigenvalue weighted by Gasteiger charge is 2.30. The minimum Gasteiger partial charge on any atom is -0.462 e. The second-order valence-corrected chi connectivity index (χ2v) is 34.1. The number of phosphoric ester groups is 2. The second kappa shape index (κ2) is 71.0. The first kappa shape index (κ1) is 99.1. The van der Waals surface area contributed by atoms with Crippen molar-refractivity contribution in [2.75, 3.05) is 39.6 Å². The zero-order valence-electron chi connectivity index (χ0n) is 66.5. The van der Waals surface area contributed by atoms with E-state index in [4.69, 9.17) is 37.0 Å². The van der Waals surface area contributed by atoms with Crippen LogP contribution >= 0.6 is 15.6 Å². The Kier molecular flexibility index (Phi) is 69.6. The average Bonchev–Trinajstić information content (AvgIpc) is 1.02. The number of rotatable bonds is 79. The molecule has 0 aliphatic heterocycles. The van der Waals surface area contributed by atoms with Crippen LogP contribution in [0.15, 0.2) is 0 Å². The Hall–Kier alpha value is -1.94. The van der Waals surface area contributed by atoms with Crippen LogP contribution in [0.25, 0.3) is 0 Å². The number of carbonyl (C=O) groups excluding carboxylic acids is 4. The Morgan fingerprint density at radius 2 is 0.475 bits per heavy atom. The molecule has 101 heavy (non-hydrogen) atoms. The van der Waals surface area contributed by atoms with Crippen LogP contribution in [0, 0.1) is 23.7 Å². The topological polar surface area (TPSA) is 237 Å². The molecular weight excluding hydrogens is 1320 g/mol. The quantitative estimate of drug-likeness (QED) is 0.0222. The molecule has 6 atom stereocenters. The smallest absolute Gasteiger partial charge is 0.462 e. The van der Waals surface area contributed by atoms with Gasteiger partial charge >= 0.3 is 39.5 Å². The van der Waals surface area contributed by atoms with Gasteiger partial charge in [0.25, 0.3) is 0 Å². The molecule has 0 fully saturated rings. The molecule has 0 aromatic rings. The predicted octanol–water partition coefficient (Wildman–Crippen LogP) is 24.4.